The zero-order valence-corrected chi connectivity index (χ0v) is 14.7. The summed E-state index contributed by atoms with van der Waals surface area (Å²) in [5.41, 5.74) is 0.366. The molecule has 1 aromatic heterocycles. The number of alkyl halides is 3. The number of aromatic nitrogens is 2. The monoisotopic (exact) mass is 398 g/mol. The van der Waals surface area contributed by atoms with Crippen molar-refractivity contribution in [2.24, 2.45) is 0 Å². The molecule has 8 heteroatoms. The number of halogens is 3. The van der Waals surface area contributed by atoms with Crippen LogP contribution in [0.25, 0.3) is 16.6 Å². The Labute approximate surface area is 162 Å². The lowest BCUT2D eigenvalue weighted by atomic mass is 10.2. The van der Waals surface area contributed by atoms with Crippen molar-refractivity contribution in [3.63, 3.8) is 0 Å². The van der Waals surface area contributed by atoms with Gasteiger partial charge < -0.3 is 9.84 Å². The van der Waals surface area contributed by atoms with Crippen molar-refractivity contribution < 1.29 is 27.8 Å². The highest BCUT2D eigenvalue weighted by Crippen LogP contribution is 2.39. The maximum Gasteiger partial charge on any atom is 0.419 e. The molecular weight excluding hydrogens is 385 g/mol. The molecule has 1 heterocycles. The molecule has 4 aromatic rings. The van der Waals surface area contributed by atoms with Gasteiger partial charge in [-0.25, -0.2) is 9.48 Å². The van der Waals surface area contributed by atoms with Crippen molar-refractivity contribution in [2.45, 2.75) is 6.18 Å². The molecule has 0 aliphatic heterocycles. The molecule has 0 atom stereocenters. The number of carboxylic acids is 1. The molecule has 0 bridgehead atoms. The van der Waals surface area contributed by atoms with E-state index in [0.29, 0.717) is 16.6 Å². The predicted molar refractivity (Wildman–Crippen MR) is 99.5 cm³/mol. The Morgan fingerprint density at radius 1 is 0.931 bits per heavy atom. The molecule has 5 nitrogen and oxygen atoms in total. The summed E-state index contributed by atoms with van der Waals surface area (Å²) in [4.78, 5) is 11.0. The molecule has 0 spiro atoms. The van der Waals surface area contributed by atoms with Crippen molar-refractivity contribution in [1.82, 2.24) is 9.78 Å². The SMILES string of the molecule is O=C(O)c1ccc(-n2nc(Oc3ccccc3C(F)(F)F)c3ccccc32)cc1. The van der Waals surface area contributed by atoms with Crippen LogP contribution in [0, 0.1) is 0 Å². The number of hydrogen-bond acceptors (Lipinski definition) is 3. The highest BCUT2D eigenvalue weighted by atomic mass is 19.4. The Bertz CT molecular complexity index is 1200. The smallest absolute Gasteiger partial charge is 0.419 e. The van der Waals surface area contributed by atoms with Gasteiger partial charge in [0.1, 0.15) is 5.75 Å². The number of para-hydroxylation sites is 2. The summed E-state index contributed by atoms with van der Waals surface area (Å²) in [6.07, 6.45) is -4.57. The molecule has 3 aromatic carbocycles. The number of carbonyl (C=O) groups is 1. The van der Waals surface area contributed by atoms with Gasteiger partial charge >= 0.3 is 12.1 Å². The van der Waals surface area contributed by atoms with Gasteiger partial charge in [0.05, 0.1) is 27.7 Å². The summed E-state index contributed by atoms with van der Waals surface area (Å²) < 4.78 is 46.9. The summed E-state index contributed by atoms with van der Waals surface area (Å²) in [6, 6.07) is 17.8. The topological polar surface area (TPSA) is 64.3 Å². The average molecular weight is 398 g/mol. The molecule has 1 N–H and O–H groups in total. The fraction of sp³-hybridized carbons (Fsp3) is 0.0476. The second-order valence-corrected chi connectivity index (χ2v) is 6.18. The number of fused-ring (bicyclic) bond motifs is 1. The summed E-state index contributed by atoms with van der Waals surface area (Å²) in [5, 5.41) is 13.9. The molecule has 0 saturated carbocycles. The second kappa shape index (κ2) is 6.97. The normalized spacial score (nSPS) is 11.6. The lowest BCUT2D eigenvalue weighted by Gasteiger charge is -2.12. The van der Waals surface area contributed by atoms with Gasteiger partial charge in [0.25, 0.3) is 0 Å². The maximum absolute atomic E-state index is 13.3. The van der Waals surface area contributed by atoms with Crippen molar-refractivity contribution in [1.29, 1.82) is 0 Å². The maximum atomic E-state index is 13.3. The van der Waals surface area contributed by atoms with Gasteiger partial charge in [0.15, 0.2) is 0 Å². The van der Waals surface area contributed by atoms with Crippen LogP contribution in [-0.4, -0.2) is 20.9 Å². The molecule has 0 aliphatic carbocycles. The minimum atomic E-state index is -4.57. The second-order valence-electron chi connectivity index (χ2n) is 6.18. The van der Waals surface area contributed by atoms with Gasteiger partial charge in [-0.2, -0.15) is 13.2 Å². The van der Waals surface area contributed by atoms with Crippen LogP contribution >= 0.6 is 0 Å². The Morgan fingerprint density at radius 2 is 1.59 bits per heavy atom. The molecule has 0 unspecified atom stereocenters. The molecular formula is C21H13F3N2O3. The number of aromatic carboxylic acids is 1. The van der Waals surface area contributed by atoms with Crippen LogP contribution in [0.1, 0.15) is 15.9 Å². The molecule has 146 valence electrons. The molecule has 0 saturated heterocycles. The summed E-state index contributed by atoms with van der Waals surface area (Å²) in [6.45, 7) is 0. The zero-order valence-electron chi connectivity index (χ0n) is 14.7. The first kappa shape index (κ1) is 18.5. The third-order valence-corrected chi connectivity index (χ3v) is 4.31. The minimum Gasteiger partial charge on any atom is -0.478 e. The van der Waals surface area contributed by atoms with Crippen LogP contribution in [0.3, 0.4) is 0 Å². The third kappa shape index (κ3) is 3.52. The Morgan fingerprint density at radius 3 is 2.28 bits per heavy atom. The molecule has 0 fully saturated rings. The lowest BCUT2D eigenvalue weighted by Crippen LogP contribution is -2.07. The summed E-state index contributed by atoms with van der Waals surface area (Å²) >= 11 is 0. The number of carboxylic acid groups (broad SMARTS) is 1. The van der Waals surface area contributed by atoms with Crippen LogP contribution in [0.4, 0.5) is 13.2 Å². The fourth-order valence-electron chi connectivity index (χ4n) is 2.95. The molecule has 0 radical (unpaired) electrons. The number of nitrogens with zero attached hydrogens (tertiary/aromatic N) is 2. The van der Waals surface area contributed by atoms with Crippen molar-refractivity contribution in [2.75, 3.05) is 0 Å². The Balaban J connectivity index is 1.81. The predicted octanol–water partition coefficient (Wildman–Crippen LogP) is 5.53. The van der Waals surface area contributed by atoms with Crippen LogP contribution in [0.5, 0.6) is 11.6 Å². The van der Waals surface area contributed by atoms with Gasteiger partial charge in [-0.3, -0.25) is 0 Å². The highest BCUT2D eigenvalue weighted by Gasteiger charge is 2.34. The van der Waals surface area contributed by atoms with E-state index >= 15 is 0 Å². The van der Waals surface area contributed by atoms with Gasteiger partial charge in [-0.05, 0) is 48.5 Å². The van der Waals surface area contributed by atoms with Gasteiger partial charge in [0, 0.05) is 0 Å². The van der Waals surface area contributed by atoms with E-state index < -0.39 is 17.7 Å². The van der Waals surface area contributed by atoms with E-state index in [1.807, 2.05) is 0 Å². The lowest BCUT2D eigenvalue weighted by molar-refractivity contribution is -0.138. The van der Waals surface area contributed by atoms with Crippen molar-refractivity contribution in [3.05, 3.63) is 83.9 Å². The first-order valence-electron chi connectivity index (χ1n) is 8.50. The molecule has 4 rings (SSSR count). The molecule has 29 heavy (non-hydrogen) atoms. The Kier molecular flexibility index (Phi) is 4.46. The van der Waals surface area contributed by atoms with Crippen LogP contribution in [0.2, 0.25) is 0 Å². The standard InChI is InChI=1S/C21H13F3N2O3/c22-21(23,24)16-6-2-4-8-18(16)29-19-15-5-1-3-7-17(15)26(25-19)14-11-9-13(10-12-14)20(27)28/h1-12H,(H,27,28). The van der Waals surface area contributed by atoms with Gasteiger partial charge in [-0.1, -0.05) is 24.3 Å². The van der Waals surface area contributed by atoms with E-state index in [9.17, 15) is 18.0 Å². The first-order valence-corrected chi connectivity index (χ1v) is 8.50. The van der Waals surface area contributed by atoms with E-state index in [2.05, 4.69) is 5.10 Å². The van der Waals surface area contributed by atoms with Crippen LogP contribution in [-0.2, 0) is 6.18 Å². The fourth-order valence-corrected chi connectivity index (χ4v) is 2.95. The Hall–Kier alpha value is -3.81. The number of benzene rings is 3. The van der Waals surface area contributed by atoms with E-state index in [-0.39, 0.29) is 17.2 Å². The van der Waals surface area contributed by atoms with E-state index in [0.717, 1.165) is 6.07 Å². The van der Waals surface area contributed by atoms with Gasteiger partial charge in [-0.15, -0.1) is 5.10 Å². The third-order valence-electron chi connectivity index (χ3n) is 4.31. The van der Waals surface area contributed by atoms with Crippen LogP contribution in [0.15, 0.2) is 72.8 Å². The number of ether oxygens (including phenoxy) is 1. The van der Waals surface area contributed by atoms with Gasteiger partial charge in [0.2, 0.25) is 5.88 Å². The molecule has 0 amide bonds. The first-order chi connectivity index (χ1) is 13.8. The highest BCUT2D eigenvalue weighted by molar-refractivity contribution is 5.88. The van der Waals surface area contributed by atoms with E-state index in [4.69, 9.17) is 9.84 Å². The zero-order chi connectivity index (χ0) is 20.6. The quantitative estimate of drug-likeness (QED) is 0.491. The van der Waals surface area contributed by atoms with E-state index in [1.54, 1.807) is 36.4 Å². The van der Waals surface area contributed by atoms with Crippen molar-refractivity contribution >= 4 is 16.9 Å². The number of hydrogen-bond donors (Lipinski definition) is 1. The van der Waals surface area contributed by atoms with E-state index in [1.165, 1.54) is 35.0 Å². The van der Waals surface area contributed by atoms with Crippen molar-refractivity contribution in [3.8, 4) is 17.3 Å². The largest absolute Gasteiger partial charge is 0.478 e. The van der Waals surface area contributed by atoms with Crippen LogP contribution < -0.4 is 4.74 Å². The minimum absolute atomic E-state index is 0.0135. The average Bonchev–Trinajstić information content (AvgIpc) is 3.06. The summed E-state index contributed by atoms with van der Waals surface area (Å²) in [7, 11) is 0. The number of rotatable bonds is 4. The summed E-state index contributed by atoms with van der Waals surface area (Å²) in [5.74, 6) is -1.40. The molecule has 0 aliphatic rings.